The third kappa shape index (κ3) is 1.95. The first-order chi connectivity index (χ1) is 11.1. The van der Waals surface area contributed by atoms with Gasteiger partial charge >= 0.3 is 0 Å². The van der Waals surface area contributed by atoms with Crippen LogP contribution in [0.2, 0.25) is 0 Å². The van der Waals surface area contributed by atoms with E-state index in [1.165, 1.54) is 0 Å². The Balaban J connectivity index is 1.96. The minimum Gasteiger partial charge on any atom is -0.342 e. The van der Waals surface area contributed by atoms with E-state index in [2.05, 4.69) is 35.8 Å². The van der Waals surface area contributed by atoms with Crippen molar-refractivity contribution in [1.29, 1.82) is 0 Å². The summed E-state index contributed by atoms with van der Waals surface area (Å²) in [6.07, 6.45) is 1.43. The monoisotopic (exact) mass is 371 g/mol. The van der Waals surface area contributed by atoms with Gasteiger partial charge in [-0.25, -0.2) is 0 Å². The van der Waals surface area contributed by atoms with Gasteiger partial charge in [-0.15, -0.1) is 0 Å². The summed E-state index contributed by atoms with van der Waals surface area (Å²) in [6.45, 7) is 4.30. The van der Waals surface area contributed by atoms with Crippen LogP contribution in [0.25, 0.3) is 0 Å². The number of ether oxygens (including phenoxy) is 1. The van der Waals surface area contributed by atoms with Crippen LogP contribution in [-0.4, -0.2) is 5.91 Å². The third-order valence-corrected chi connectivity index (χ3v) is 5.59. The number of para-hydroxylation sites is 1. The van der Waals surface area contributed by atoms with Crippen molar-refractivity contribution in [3.8, 4) is 0 Å². The van der Waals surface area contributed by atoms with Gasteiger partial charge in [-0.2, -0.15) is 0 Å². The fourth-order valence-corrected chi connectivity index (χ4v) is 4.16. The second-order valence-corrected chi connectivity index (χ2v) is 7.01. The predicted molar refractivity (Wildman–Crippen MR) is 93.5 cm³/mol. The number of anilines is 1. The molecule has 0 spiro atoms. The first kappa shape index (κ1) is 14.9. The number of halogens is 1. The molecule has 1 amide bonds. The van der Waals surface area contributed by atoms with Gasteiger partial charge in [-0.05, 0) is 31.0 Å². The number of hydrogen-bond acceptors (Lipinski definition) is 2. The van der Waals surface area contributed by atoms with Gasteiger partial charge in [0.15, 0.2) is 6.23 Å². The molecule has 2 aliphatic rings. The summed E-state index contributed by atoms with van der Waals surface area (Å²) < 4.78 is 7.46. The zero-order valence-corrected chi connectivity index (χ0v) is 14.8. The molecule has 0 N–H and O–H groups in total. The van der Waals surface area contributed by atoms with Gasteiger partial charge in [0.1, 0.15) is 0 Å². The summed E-state index contributed by atoms with van der Waals surface area (Å²) in [7, 11) is 0. The lowest BCUT2D eigenvalue weighted by Gasteiger charge is -2.45. The molecule has 2 aliphatic heterocycles. The lowest BCUT2D eigenvalue weighted by molar-refractivity contribution is -0.111. The lowest BCUT2D eigenvalue weighted by atomic mass is 9.85. The van der Waals surface area contributed by atoms with E-state index >= 15 is 0 Å². The summed E-state index contributed by atoms with van der Waals surface area (Å²) in [6, 6.07) is 14.0. The van der Waals surface area contributed by atoms with Gasteiger partial charge in [0.25, 0.3) is 5.91 Å². The van der Waals surface area contributed by atoms with Crippen molar-refractivity contribution < 1.29 is 9.53 Å². The van der Waals surface area contributed by atoms with Crippen molar-refractivity contribution in [1.82, 2.24) is 0 Å². The first-order valence-corrected chi connectivity index (χ1v) is 8.81. The average Bonchev–Trinajstić information content (AvgIpc) is 2.86. The minimum absolute atomic E-state index is 0.0135. The van der Waals surface area contributed by atoms with Crippen LogP contribution >= 0.6 is 15.9 Å². The van der Waals surface area contributed by atoms with Crippen molar-refractivity contribution >= 4 is 27.5 Å². The molecule has 2 heterocycles. The Labute approximate surface area is 144 Å². The quantitative estimate of drug-likeness (QED) is 0.729. The van der Waals surface area contributed by atoms with Crippen LogP contribution in [0, 0.1) is 0 Å². The summed E-state index contributed by atoms with van der Waals surface area (Å²) in [5.41, 5.74) is 3.43. The third-order valence-electron chi connectivity index (χ3n) is 5.10. The van der Waals surface area contributed by atoms with Crippen molar-refractivity contribution in [3.63, 3.8) is 0 Å². The summed E-state index contributed by atoms with van der Waals surface area (Å²) in [4.78, 5) is 14.8. The summed E-state index contributed by atoms with van der Waals surface area (Å²) in [5.74, 6) is 0.0135. The van der Waals surface area contributed by atoms with Gasteiger partial charge in [-0.3, -0.25) is 9.69 Å². The fourth-order valence-electron chi connectivity index (χ4n) is 3.80. The van der Waals surface area contributed by atoms with Crippen LogP contribution in [0.15, 0.2) is 46.9 Å². The van der Waals surface area contributed by atoms with E-state index in [1.807, 2.05) is 36.4 Å². The van der Waals surface area contributed by atoms with Crippen LogP contribution < -0.4 is 4.90 Å². The van der Waals surface area contributed by atoms with E-state index in [4.69, 9.17) is 4.74 Å². The molecule has 1 unspecified atom stereocenters. The number of rotatable bonds is 2. The molecule has 3 nitrogen and oxygen atoms in total. The molecule has 118 valence electrons. The Kier molecular flexibility index (Phi) is 3.36. The highest BCUT2D eigenvalue weighted by molar-refractivity contribution is 9.10. The van der Waals surface area contributed by atoms with Gasteiger partial charge in [0.2, 0.25) is 0 Å². The average molecular weight is 372 g/mol. The number of carbonyl (C=O) groups excluding carboxylic acids is 1. The Morgan fingerprint density at radius 3 is 2.65 bits per heavy atom. The zero-order chi connectivity index (χ0) is 16.2. The normalized spacial score (nSPS) is 20.9. The van der Waals surface area contributed by atoms with E-state index in [-0.39, 0.29) is 17.7 Å². The van der Waals surface area contributed by atoms with Crippen LogP contribution in [0.3, 0.4) is 0 Å². The van der Waals surface area contributed by atoms with Crippen LogP contribution in [0.1, 0.15) is 54.4 Å². The number of hydrogen-bond donors (Lipinski definition) is 0. The van der Waals surface area contributed by atoms with E-state index < -0.39 is 0 Å². The molecule has 0 bridgehead atoms. The Hall–Kier alpha value is -1.65. The Morgan fingerprint density at radius 1 is 1.17 bits per heavy atom. The maximum absolute atomic E-state index is 13.0. The van der Waals surface area contributed by atoms with E-state index in [0.717, 1.165) is 39.7 Å². The maximum Gasteiger partial charge on any atom is 0.261 e. The molecule has 0 aliphatic carbocycles. The number of nitrogens with zero attached hydrogens (tertiary/aromatic N) is 1. The maximum atomic E-state index is 13.0. The number of carbonyl (C=O) groups is 1. The second-order valence-electron chi connectivity index (χ2n) is 6.10. The molecule has 23 heavy (non-hydrogen) atoms. The fraction of sp³-hybridized carbons (Fsp3) is 0.316. The van der Waals surface area contributed by atoms with E-state index in [0.29, 0.717) is 0 Å². The van der Waals surface area contributed by atoms with Crippen molar-refractivity contribution in [3.05, 3.63) is 63.6 Å². The highest BCUT2D eigenvalue weighted by atomic mass is 79.9. The van der Waals surface area contributed by atoms with Crippen molar-refractivity contribution in [2.45, 2.75) is 38.5 Å². The van der Waals surface area contributed by atoms with E-state index in [1.54, 1.807) is 4.90 Å². The largest absolute Gasteiger partial charge is 0.342 e. The van der Waals surface area contributed by atoms with E-state index in [9.17, 15) is 4.79 Å². The number of benzene rings is 2. The molecule has 0 radical (unpaired) electrons. The molecule has 4 heteroatoms. The molecule has 2 aromatic carbocycles. The van der Waals surface area contributed by atoms with Gasteiger partial charge in [0, 0.05) is 21.2 Å². The Morgan fingerprint density at radius 2 is 1.91 bits per heavy atom. The molecule has 2 aromatic rings. The molecule has 4 rings (SSSR count). The lowest BCUT2D eigenvalue weighted by Crippen LogP contribution is -2.43. The van der Waals surface area contributed by atoms with Crippen LogP contribution in [0.5, 0.6) is 0 Å². The summed E-state index contributed by atoms with van der Waals surface area (Å²) in [5, 5.41) is 0. The second kappa shape index (κ2) is 5.18. The standard InChI is InChI=1S/C19H18BrNO2/c1-3-19(4-2)15-7-5-6-8-16(15)21-17(22)14-11-12(20)9-10-13(14)18(21)23-19/h5-11,18H,3-4H2,1-2H3. The predicted octanol–water partition coefficient (Wildman–Crippen LogP) is 5.15. The zero-order valence-electron chi connectivity index (χ0n) is 13.2. The Bertz CT molecular complexity index is 798. The molecule has 0 fully saturated rings. The van der Waals surface area contributed by atoms with Crippen molar-refractivity contribution in [2.75, 3.05) is 4.90 Å². The number of fused-ring (bicyclic) bond motifs is 5. The minimum atomic E-state index is -0.341. The highest BCUT2D eigenvalue weighted by Gasteiger charge is 2.49. The van der Waals surface area contributed by atoms with Gasteiger partial charge in [0.05, 0.1) is 11.3 Å². The molecular formula is C19H18BrNO2. The topological polar surface area (TPSA) is 29.5 Å². The van der Waals surface area contributed by atoms with Crippen LogP contribution in [0.4, 0.5) is 5.69 Å². The highest BCUT2D eigenvalue weighted by Crippen LogP contribution is 2.52. The molecule has 1 atom stereocenters. The molecule has 0 saturated heterocycles. The molecule has 0 saturated carbocycles. The SMILES string of the molecule is CCC1(CC)OC2c3ccc(Br)cc3C(=O)N2c2ccccc21. The number of amides is 1. The molecular weight excluding hydrogens is 354 g/mol. The van der Waals surface area contributed by atoms with Crippen molar-refractivity contribution in [2.24, 2.45) is 0 Å². The summed E-state index contributed by atoms with van der Waals surface area (Å²) >= 11 is 3.46. The molecule has 0 aromatic heterocycles. The van der Waals surface area contributed by atoms with Gasteiger partial charge < -0.3 is 4.74 Å². The van der Waals surface area contributed by atoms with Crippen LogP contribution in [-0.2, 0) is 10.3 Å². The first-order valence-electron chi connectivity index (χ1n) is 8.01. The van der Waals surface area contributed by atoms with Gasteiger partial charge in [-0.1, -0.05) is 54.0 Å². The smallest absolute Gasteiger partial charge is 0.261 e.